The van der Waals surface area contributed by atoms with Crippen LogP contribution in [0.15, 0.2) is 29.6 Å². The number of rotatable bonds is 5. The highest BCUT2D eigenvalue weighted by molar-refractivity contribution is 7.10. The van der Waals surface area contributed by atoms with Crippen molar-refractivity contribution in [2.24, 2.45) is 0 Å². The van der Waals surface area contributed by atoms with Gasteiger partial charge < -0.3 is 5.32 Å². The molecule has 0 saturated heterocycles. The maximum Gasteiger partial charge on any atom is 0.0686 e. The molecule has 0 spiro atoms. The van der Waals surface area contributed by atoms with Crippen molar-refractivity contribution >= 4 is 34.5 Å². The lowest BCUT2D eigenvalue weighted by atomic mass is 10.0. The summed E-state index contributed by atoms with van der Waals surface area (Å²) < 4.78 is 0. The highest BCUT2D eigenvalue weighted by Gasteiger charge is 2.18. The van der Waals surface area contributed by atoms with Crippen LogP contribution in [0.25, 0.3) is 0 Å². The Morgan fingerprint density at radius 3 is 2.58 bits per heavy atom. The van der Waals surface area contributed by atoms with Gasteiger partial charge in [0.15, 0.2) is 0 Å². The van der Waals surface area contributed by atoms with Crippen LogP contribution in [0, 0.1) is 6.92 Å². The summed E-state index contributed by atoms with van der Waals surface area (Å²) in [5, 5.41) is 7.18. The van der Waals surface area contributed by atoms with Crippen molar-refractivity contribution in [3.8, 4) is 0 Å². The molecular formula is C15H17Cl2NS. The van der Waals surface area contributed by atoms with Crippen LogP contribution in [0.4, 0.5) is 0 Å². The second-order valence-corrected chi connectivity index (χ2v) is 6.29. The smallest absolute Gasteiger partial charge is 0.0686 e. The summed E-state index contributed by atoms with van der Waals surface area (Å²) in [6.45, 7) is 5.12. The van der Waals surface area contributed by atoms with Crippen molar-refractivity contribution in [2.75, 3.05) is 6.54 Å². The van der Waals surface area contributed by atoms with Crippen molar-refractivity contribution in [1.82, 2.24) is 5.32 Å². The molecule has 1 atom stereocenters. The van der Waals surface area contributed by atoms with Gasteiger partial charge in [0.25, 0.3) is 0 Å². The molecule has 0 saturated carbocycles. The summed E-state index contributed by atoms with van der Waals surface area (Å²) in [7, 11) is 0. The molecule has 1 N–H and O–H groups in total. The van der Waals surface area contributed by atoms with Crippen LogP contribution < -0.4 is 5.32 Å². The largest absolute Gasteiger partial charge is 0.306 e. The number of halogens is 2. The van der Waals surface area contributed by atoms with E-state index in [1.54, 1.807) is 11.3 Å². The molecule has 2 rings (SSSR count). The van der Waals surface area contributed by atoms with Crippen LogP contribution in [0.2, 0.25) is 10.0 Å². The Morgan fingerprint density at radius 1 is 1.21 bits per heavy atom. The average Bonchev–Trinajstić information content (AvgIpc) is 2.80. The Hall–Kier alpha value is -0.540. The van der Waals surface area contributed by atoms with Crippen LogP contribution in [-0.2, 0) is 0 Å². The molecule has 0 aliphatic carbocycles. The number of aryl methyl sites for hydroxylation is 1. The van der Waals surface area contributed by atoms with E-state index in [2.05, 4.69) is 24.4 Å². The highest BCUT2D eigenvalue weighted by atomic mass is 35.5. The minimum absolute atomic E-state index is 0.116. The number of hydrogen-bond acceptors (Lipinski definition) is 2. The Balaban J connectivity index is 2.37. The first-order valence-corrected chi connectivity index (χ1v) is 7.99. The molecule has 0 bridgehead atoms. The predicted molar refractivity (Wildman–Crippen MR) is 85.7 cm³/mol. The molecule has 0 fully saturated rings. The molecule has 0 radical (unpaired) electrons. The first-order valence-electron chi connectivity index (χ1n) is 6.35. The van der Waals surface area contributed by atoms with Gasteiger partial charge in [-0.25, -0.2) is 0 Å². The molecule has 1 aromatic carbocycles. The molecule has 1 heterocycles. The number of nitrogens with one attached hydrogen (secondary N) is 1. The normalized spacial score (nSPS) is 12.6. The van der Waals surface area contributed by atoms with E-state index in [4.69, 9.17) is 23.2 Å². The summed E-state index contributed by atoms with van der Waals surface area (Å²) in [6.07, 6.45) is 1.08. The van der Waals surface area contributed by atoms with Crippen molar-refractivity contribution < 1.29 is 0 Å². The van der Waals surface area contributed by atoms with Gasteiger partial charge >= 0.3 is 0 Å². The molecule has 0 aliphatic rings. The fraction of sp³-hybridized carbons (Fsp3) is 0.333. The molecule has 0 aliphatic heterocycles. The van der Waals surface area contributed by atoms with Crippen LogP contribution in [0.1, 0.15) is 35.4 Å². The average molecular weight is 314 g/mol. The van der Waals surface area contributed by atoms with Gasteiger partial charge in [0.05, 0.1) is 11.1 Å². The van der Waals surface area contributed by atoms with E-state index >= 15 is 0 Å². The summed E-state index contributed by atoms with van der Waals surface area (Å²) in [6, 6.07) is 8.26. The SMILES string of the molecule is CCCNC(c1ccc(C)c(Cl)c1)c1sccc1Cl. The molecule has 102 valence electrons. The van der Waals surface area contributed by atoms with Gasteiger partial charge in [0, 0.05) is 9.90 Å². The van der Waals surface area contributed by atoms with Crippen molar-refractivity contribution in [2.45, 2.75) is 26.3 Å². The van der Waals surface area contributed by atoms with E-state index in [1.165, 1.54) is 0 Å². The fourth-order valence-electron chi connectivity index (χ4n) is 1.95. The van der Waals surface area contributed by atoms with Crippen molar-refractivity contribution in [1.29, 1.82) is 0 Å². The first kappa shape index (κ1) is 14.9. The predicted octanol–water partition coefficient (Wildman–Crippen LogP) is 5.45. The Labute approximate surface area is 128 Å². The van der Waals surface area contributed by atoms with Crippen LogP contribution in [0.3, 0.4) is 0 Å². The third-order valence-corrected chi connectivity index (χ3v) is 4.87. The second kappa shape index (κ2) is 6.76. The zero-order chi connectivity index (χ0) is 13.8. The maximum absolute atomic E-state index is 6.27. The van der Waals surface area contributed by atoms with Crippen molar-refractivity contribution in [3.63, 3.8) is 0 Å². The molecule has 1 unspecified atom stereocenters. The zero-order valence-electron chi connectivity index (χ0n) is 11.0. The van der Waals surface area contributed by atoms with Crippen LogP contribution >= 0.6 is 34.5 Å². The third kappa shape index (κ3) is 3.51. The van der Waals surface area contributed by atoms with Gasteiger partial charge in [0.1, 0.15) is 0 Å². The van der Waals surface area contributed by atoms with E-state index in [0.717, 1.165) is 39.0 Å². The number of thiophene rings is 1. The molecular weight excluding hydrogens is 297 g/mol. The van der Waals surface area contributed by atoms with Crippen LogP contribution in [-0.4, -0.2) is 6.54 Å². The molecule has 1 aromatic heterocycles. The van der Waals surface area contributed by atoms with Gasteiger partial charge in [-0.15, -0.1) is 11.3 Å². The summed E-state index contributed by atoms with van der Waals surface area (Å²) >= 11 is 14.2. The van der Waals surface area contributed by atoms with Gasteiger partial charge in [-0.05, 0) is 48.5 Å². The lowest BCUT2D eigenvalue weighted by Crippen LogP contribution is -2.22. The molecule has 1 nitrogen and oxygen atoms in total. The van der Waals surface area contributed by atoms with Gasteiger partial charge in [0.2, 0.25) is 0 Å². The van der Waals surface area contributed by atoms with E-state index in [0.29, 0.717) is 0 Å². The summed E-state index contributed by atoms with van der Waals surface area (Å²) in [4.78, 5) is 1.15. The lowest BCUT2D eigenvalue weighted by Gasteiger charge is -2.19. The molecule has 2 aromatic rings. The van der Waals surface area contributed by atoms with E-state index in [-0.39, 0.29) is 6.04 Å². The highest BCUT2D eigenvalue weighted by Crippen LogP contribution is 2.34. The monoisotopic (exact) mass is 313 g/mol. The zero-order valence-corrected chi connectivity index (χ0v) is 13.4. The molecule has 4 heteroatoms. The Bertz CT molecular complexity index is 551. The quantitative estimate of drug-likeness (QED) is 0.773. The minimum Gasteiger partial charge on any atom is -0.306 e. The maximum atomic E-state index is 6.27. The standard InChI is InChI=1S/C15H17Cl2NS/c1-3-7-18-14(15-12(16)6-8-19-15)11-5-4-10(2)13(17)9-11/h4-6,8-9,14,18H,3,7H2,1-2H3. The summed E-state index contributed by atoms with van der Waals surface area (Å²) in [5.41, 5.74) is 2.25. The van der Waals surface area contributed by atoms with Crippen LogP contribution in [0.5, 0.6) is 0 Å². The second-order valence-electron chi connectivity index (χ2n) is 4.53. The Morgan fingerprint density at radius 2 is 2.00 bits per heavy atom. The van der Waals surface area contributed by atoms with Gasteiger partial charge in [-0.2, -0.15) is 0 Å². The van der Waals surface area contributed by atoms with E-state index in [1.807, 2.05) is 24.4 Å². The topological polar surface area (TPSA) is 12.0 Å². The first-order chi connectivity index (χ1) is 9.13. The van der Waals surface area contributed by atoms with Gasteiger partial charge in [-0.1, -0.05) is 42.3 Å². The molecule has 0 amide bonds. The van der Waals surface area contributed by atoms with E-state index < -0.39 is 0 Å². The third-order valence-electron chi connectivity index (χ3n) is 3.03. The Kier molecular flexibility index (Phi) is 5.28. The van der Waals surface area contributed by atoms with E-state index in [9.17, 15) is 0 Å². The minimum atomic E-state index is 0.116. The fourth-order valence-corrected chi connectivity index (χ4v) is 3.41. The molecule has 19 heavy (non-hydrogen) atoms. The number of benzene rings is 1. The lowest BCUT2D eigenvalue weighted by molar-refractivity contribution is 0.606. The summed E-state index contributed by atoms with van der Waals surface area (Å²) in [5.74, 6) is 0. The van der Waals surface area contributed by atoms with Gasteiger partial charge in [-0.3, -0.25) is 0 Å². The number of hydrogen-bond donors (Lipinski definition) is 1. The van der Waals surface area contributed by atoms with Crippen molar-refractivity contribution in [3.05, 3.63) is 55.7 Å².